The zero-order chi connectivity index (χ0) is 19.1. The van der Waals surface area contributed by atoms with Crippen LogP contribution in [-0.2, 0) is 9.53 Å². The topological polar surface area (TPSA) is 117 Å². The third-order valence-electron chi connectivity index (χ3n) is 3.28. The van der Waals surface area contributed by atoms with E-state index in [9.17, 15) is 19.7 Å². The van der Waals surface area contributed by atoms with E-state index in [1.54, 1.807) is 18.2 Å². The average molecular weight is 360 g/mol. The van der Waals surface area contributed by atoms with Gasteiger partial charge in [0.25, 0.3) is 11.6 Å². The third-order valence-corrected chi connectivity index (χ3v) is 3.28. The Morgan fingerprint density at radius 1 is 1.12 bits per heavy atom. The Hall–Kier alpha value is -3.62. The number of ether oxygens (including phenoxy) is 3. The van der Waals surface area contributed by atoms with Crippen LogP contribution in [0.3, 0.4) is 0 Å². The SMILES string of the molecule is COC(=O)c1cccc(NC(=O)COc2cc([N+](=O)[O-])ccc2OC)c1. The summed E-state index contributed by atoms with van der Waals surface area (Å²) in [6, 6.07) is 10.0. The number of methoxy groups -OCH3 is 2. The Labute approximate surface area is 148 Å². The molecule has 9 heteroatoms. The van der Waals surface area contributed by atoms with E-state index >= 15 is 0 Å². The van der Waals surface area contributed by atoms with Crippen molar-refractivity contribution in [2.75, 3.05) is 26.1 Å². The van der Waals surface area contributed by atoms with Crippen molar-refractivity contribution in [3.8, 4) is 11.5 Å². The molecule has 26 heavy (non-hydrogen) atoms. The highest BCUT2D eigenvalue weighted by atomic mass is 16.6. The van der Waals surface area contributed by atoms with Crippen LogP contribution in [0.15, 0.2) is 42.5 Å². The Bertz CT molecular complexity index is 836. The number of rotatable bonds is 7. The van der Waals surface area contributed by atoms with E-state index in [-0.39, 0.29) is 22.7 Å². The van der Waals surface area contributed by atoms with Crippen LogP contribution in [-0.4, -0.2) is 37.6 Å². The molecular weight excluding hydrogens is 344 g/mol. The summed E-state index contributed by atoms with van der Waals surface area (Å²) in [5.74, 6) is -0.712. The molecule has 2 aromatic carbocycles. The number of anilines is 1. The molecule has 0 atom stereocenters. The number of benzene rings is 2. The summed E-state index contributed by atoms with van der Waals surface area (Å²) < 4.78 is 15.0. The van der Waals surface area contributed by atoms with Gasteiger partial charge in [0.05, 0.1) is 30.8 Å². The number of non-ortho nitro benzene ring substituents is 1. The third kappa shape index (κ3) is 4.69. The molecule has 0 aromatic heterocycles. The fraction of sp³-hybridized carbons (Fsp3) is 0.176. The molecule has 2 aromatic rings. The highest BCUT2D eigenvalue weighted by molar-refractivity contribution is 5.95. The lowest BCUT2D eigenvalue weighted by atomic mass is 10.2. The molecule has 0 saturated carbocycles. The first-order chi connectivity index (χ1) is 12.4. The largest absolute Gasteiger partial charge is 0.493 e. The number of nitrogens with zero attached hydrogens (tertiary/aromatic N) is 1. The molecule has 136 valence electrons. The van der Waals surface area contributed by atoms with Crippen molar-refractivity contribution in [1.29, 1.82) is 0 Å². The van der Waals surface area contributed by atoms with Gasteiger partial charge in [0.1, 0.15) is 0 Å². The van der Waals surface area contributed by atoms with Gasteiger partial charge in [-0.1, -0.05) is 6.07 Å². The van der Waals surface area contributed by atoms with Crippen molar-refractivity contribution >= 4 is 23.3 Å². The van der Waals surface area contributed by atoms with Gasteiger partial charge in [-0.15, -0.1) is 0 Å². The van der Waals surface area contributed by atoms with Gasteiger partial charge in [0.15, 0.2) is 18.1 Å². The summed E-state index contributed by atoms with van der Waals surface area (Å²) in [4.78, 5) is 33.8. The van der Waals surface area contributed by atoms with E-state index < -0.39 is 23.4 Å². The molecule has 1 N–H and O–H groups in total. The van der Waals surface area contributed by atoms with Crippen molar-refractivity contribution in [3.63, 3.8) is 0 Å². The number of nitro groups is 1. The van der Waals surface area contributed by atoms with Crippen LogP contribution in [0, 0.1) is 10.1 Å². The second-order valence-electron chi connectivity index (χ2n) is 5.00. The molecule has 1 amide bonds. The number of carbonyl (C=O) groups excluding carboxylic acids is 2. The Kier molecular flexibility index (Phi) is 6.10. The second kappa shape index (κ2) is 8.47. The van der Waals surface area contributed by atoms with E-state index in [0.717, 1.165) is 0 Å². The van der Waals surface area contributed by atoms with Crippen LogP contribution in [0.2, 0.25) is 0 Å². The van der Waals surface area contributed by atoms with Gasteiger partial charge in [0.2, 0.25) is 0 Å². The van der Waals surface area contributed by atoms with E-state index in [4.69, 9.17) is 9.47 Å². The normalized spacial score (nSPS) is 9.92. The summed E-state index contributed by atoms with van der Waals surface area (Å²) >= 11 is 0. The Balaban J connectivity index is 2.04. The van der Waals surface area contributed by atoms with Crippen molar-refractivity contribution in [2.45, 2.75) is 0 Å². The number of nitrogens with one attached hydrogen (secondary N) is 1. The summed E-state index contributed by atoms with van der Waals surface area (Å²) in [5, 5.41) is 13.4. The summed E-state index contributed by atoms with van der Waals surface area (Å²) in [6.45, 7) is -0.403. The molecule has 0 heterocycles. The molecule has 0 aliphatic heterocycles. The van der Waals surface area contributed by atoms with Crippen molar-refractivity contribution in [2.24, 2.45) is 0 Å². The Morgan fingerprint density at radius 2 is 1.88 bits per heavy atom. The van der Waals surface area contributed by atoms with Crippen LogP contribution < -0.4 is 14.8 Å². The van der Waals surface area contributed by atoms with Gasteiger partial charge in [-0.2, -0.15) is 0 Å². The molecule has 0 unspecified atom stereocenters. The van der Waals surface area contributed by atoms with E-state index in [2.05, 4.69) is 10.1 Å². The molecule has 9 nitrogen and oxygen atoms in total. The molecule has 0 bridgehead atoms. The number of hydrogen-bond acceptors (Lipinski definition) is 7. The highest BCUT2D eigenvalue weighted by Gasteiger charge is 2.14. The lowest BCUT2D eigenvalue weighted by molar-refractivity contribution is -0.385. The first-order valence-corrected chi connectivity index (χ1v) is 7.38. The van der Waals surface area contributed by atoms with Crippen molar-refractivity contribution in [3.05, 3.63) is 58.1 Å². The minimum absolute atomic E-state index is 0.0696. The summed E-state index contributed by atoms with van der Waals surface area (Å²) in [7, 11) is 2.64. The monoisotopic (exact) mass is 360 g/mol. The van der Waals surface area contributed by atoms with Crippen LogP contribution in [0.4, 0.5) is 11.4 Å². The van der Waals surface area contributed by atoms with Gasteiger partial charge in [0, 0.05) is 11.8 Å². The van der Waals surface area contributed by atoms with E-state index in [0.29, 0.717) is 5.69 Å². The quantitative estimate of drug-likeness (QED) is 0.458. The minimum Gasteiger partial charge on any atom is -0.493 e. The van der Waals surface area contributed by atoms with Crippen LogP contribution in [0.1, 0.15) is 10.4 Å². The van der Waals surface area contributed by atoms with Gasteiger partial charge in [-0.05, 0) is 24.3 Å². The van der Waals surface area contributed by atoms with E-state index in [1.807, 2.05) is 0 Å². The van der Waals surface area contributed by atoms with Crippen LogP contribution in [0.5, 0.6) is 11.5 Å². The molecule has 0 saturated heterocycles. The Morgan fingerprint density at radius 3 is 2.54 bits per heavy atom. The molecule has 0 aliphatic rings. The fourth-order valence-corrected chi connectivity index (χ4v) is 2.07. The predicted molar refractivity (Wildman–Crippen MR) is 91.6 cm³/mol. The number of carbonyl (C=O) groups is 2. The predicted octanol–water partition coefficient (Wildman–Crippen LogP) is 2.41. The maximum Gasteiger partial charge on any atom is 0.337 e. The molecular formula is C17H16N2O7. The zero-order valence-corrected chi connectivity index (χ0v) is 14.1. The fourth-order valence-electron chi connectivity index (χ4n) is 2.07. The van der Waals surface area contributed by atoms with Crippen LogP contribution in [0.25, 0.3) is 0 Å². The molecule has 0 spiro atoms. The number of nitro benzene ring substituents is 1. The van der Waals surface area contributed by atoms with Gasteiger partial charge < -0.3 is 19.5 Å². The number of hydrogen-bond donors (Lipinski definition) is 1. The standard InChI is InChI=1S/C17H16N2O7/c1-24-14-7-6-13(19(22)23)9-15(14)26-10-16(20)18-12-5-3-4-11(8-12)17(21)25-2/h3-9H,10H2,1-2H3,(H,18,20). The summed E-state index contributed by atoms with van der Waals surface area (Å²) in [5.41, 5.74) is 0.478. The van der Waals surface area contributed by atoms with Crippen molar-refractivity contribution in [1.82, 2.24) is 0 Å². The van der Waals surface area contributed by atoms with E-state index in [1.165, 1.54) is 38.5 Å². The summed E-state index contributed by atoms with van der Waals surface area (Å²) in [6.07, 6.45) is 0. The van der Waals surface area contributed by atoms with Crippen molar-refractivity contribution < 1.29 is 28.7 Å². The molecule has 0 fully saturated rings. The van der Waals surface area contributed by atoms with Crippen LogP contribution >= 0.6 is 0 Å². The molecule has 2 rings (SSSR count). The zero-order valence-electron chi connectivity index (χ0n) is 14.1. The second-order valence-corrected chi connectivity index (χ2v) is 5.00. The highest BCUT2D eigenvalue weighted by Crippen LogP contribution is 2.31. The first-order valence-electron chi connectivity index (χ1n) is 7.38. The average Bonchev–Trinajstić information content (AvgIpc) is 2.65. The first kappa shape index (κ1) is 18.7. The lowest BCUT2D eigenvalue weighted by Gasteiger charge is -2.11. The number of amides is 1. The maximum atomic E-state index is 12.0. The minimum atomic E-state index is -0.579. The van der Waals surface area contributed by atoms with Gasteiger partial charge >= 0.3 is 5.97 Å². The van der Waals surface area contributed by atoms with Gasteiger partial charge in [-0.3, -0.25) is 14.9 Å². The molecule has 0 radical (unpaired) electrons. The van der Waals surface area contributed by atoms with Gasteiger partial charge in [-0.25, -0.2) is 4.79 Å². The lowest BCUT2D eigenvalue weighted by Crippen LogP contribution is -2.20. The smallest absolute Gasteiger partial charge is 0.337 e. The molecule has 0 aliphatic carbocycles. The number of esters is 1. The maximum absolute atomic E-state index is 12.0.